The molecule has 0 saturated heterocycles. The second kappa shape index (κ2) is 17.2. The van der Waals surface area contributed by atoms with Crippen LogP contribution in [0, 0.1) is 0 Å². The number of rotatable bonds is 17. The molecule has 0 unspecified atom stereocenters. The molecular weight excluding hydrogens is 350 g/mol. The molecule has 4 nitrogen and oxygen atoms in total. The number of Topliss-reactive ketones (excluding diaryl/α,β-unsaturated/α-hetero) is 1. The molecule has 28 heavy (non-hydrogen) atoms. The number of esters is 1. The summed E-state index contributed by atoms with van der Waals surface area (Å²) in [5.74, 6) is 0.277. The lowest BCUT2D eigenvalue weighted by atomic mass is 10.0. The van der Waals surface area contributed by atoms with Gasteiger partial charge in [-0.05, 0) is 44.6 Å². The number of aromatic nitrogens is 1. The first-order valence-corrected chi connectivity index (χ1v) is 10.9. The van der Waals surface area contributed by atoms with Gasteiger partial charge in [-0.3, -0.25) is 14.6 Å². The van der Waals surface area contributed by atoms with E-state index in [2.05, 4.69) is 24.1 Å². The molecule has 1 heterocycles. The maximum atomic E-state index is 11.7. The molecule has 1 aromatic heterocycles. The van der Waals surface area contributed by atoms with Gasteiger partial charge in [0.15, 0.2) is 0 Å². The number of hydrogen-bond acceptors (Lipinski definition) is 4. The second-order valence-electron chi connectivity index (χ2n) is 7.33. The zero-order valence-electron chi connectivity index (χ0n) is 17.5. The van der Waals surface area contributed by atoms with Gasteiger partial charge in [0, 0.05) is 37.2 Å². The number of allylic oxidation sites excluding steroid dienone is 2. The van der Waals surface area contributed by atoms with Crippen LogP contribution in [0.15, 0.2) is 36.7 Å². The molecule has 0 aliphatic carbocycles. The lowest BCUT2D eigenvalue weighted by Gasteiger charge is -2.03. The Kier molecular flexibility index (Phi) is 14.7. The minimum Gasteiger partial charge on any atom is -0.461 e. The first-order valence-electron chi connectivity index (χ1n) is 10.9. The van der Waals surface area contributed by atoms with Crippen molar-refractivity contribution in [1.29, 1.82) is 0 Å². The van der Waals surface area contributed by atoms with Gasteiger partial charge in [0.2, 0.25) is 0 Å². The zero-order chi connectivity index (χ0) is 20.3. The molecule has 0 fully saturated rings. The zero-order valence-corrected chi connectivity index (χ0v) is 17.5. The summed E-state index contributed by atoms with van der Waals surface area (Å²) in [5, 5.41) is 0. The van der Waals surface area contributed by atoms with E-state index in [0.29, 0.717) is 18.8 Å². The molecule has 0 aliphatic rings. The molecule has 0 N–H and O–H groups in total. The fourth-order valence-corrected chi connectivity index (χ4v) is 2.95. The van der Waals surface area contributed by atoms with Crippen molar-refractivity contribution in [2.45, 2.75) is 97.0 Å². The number of hydrogen-bond donors (Lipinski definition) is 0. The smallest absolute Gasteiger partial charge is 0.306 e. The number of carbonyl (C=O) groups is 2. The fourth-order valence-electron chi connectivity index (χ4n) is 2.95. The van der Waals surface area contributed by atoms with Crippen LogP contribution in [0.5, 0.6) is 0 Å². The van der Waals surface area contributed by atoms with E-state index in [0.717, 1.165) is 63.4 Å². The quantitative estimate of drug-likeness (QED) is 0.178. The van der Waals surface area contributed by atoms with Crippen LogP contribution in [0.1, 0.15) is 96.0 Å². The molecule has 0 saturated carbocycles. The van der Waals surface area contributed by atoms with Gasteiger partial charge >= 0.3 is 5.97 Å². The van der Waals surface area contributed by atoms with Crippen LogP contribution in [0.25, 0.3) is 0 Å². The molecule has 0 radical (unpaired) electrons. The molecule has 0 amide bonds. The van der Waals surface area contributed by atoms with E-state index in [1.54, 1.807) is 12.4 Å². The van der Waals surface area contributed by atoms with Crippen LogP contribution in [0.3, 0.4) is 0 Å². The fraction of sp³-hybridized carbons (Fsp3) is 0.625. The standard InChI is InChI=1S/C24H37NO3/c1-2-3-4-11-16-23(26)17-12-9-7-5-6-8-10-13-18-24(27)28-21-22-15-14-19-25-20-22/h6,8,14-15,19-20H,2-5,7,9-13,16-18,21H2,1H3/b8-6-. The van der Waals surface area contributed by atoms with Gasteiger partial charge in [-0.2, -0.15) is 0 Å². The minimum absolute atomic E-state index is 0.156. The van der Waals surface area contributed by atoms with E-state index in [-0.39, 0.29) is 5.97 Å². The third-order valence-electron chi connectivity index (χ3n) is 4.68. The normalized spacial score (nSPS) is 11.0. The number of ketones is 1. The van der Waals surface area contributed by atoms with E-state index in [1.165, 1.54) is 19.3 Å². The van der Waals surface area contributed by atoms with Crippen molar-refractivity contribution in [1.82, 2.24) is 4.98 Å². The Bertz CT molecular complexity index is 554. The largest absolute Gasteiger partial charge is 0.461 e. The molecule has 0 bridgehead atoms. The Hall–Kier alpha value is -1.97. The van der Waals surface area contributed by atoms with Crippen LogP contribution in [0.4, 0.5) is 0 Å². The van der Waals surface area contributed by atoms with E-state index >= 15 is 0 Å². The highest BCUT2D eigenvalue weighted by atomic mass is 16.5. The highest BCUT2D eigenvalue weighted by molar-refractivity contribution is 5.78. The Balaban J connectivity index is 1.89. The number of pyridine rings is 1. The molecule has 4 heteroatoms. The Morgan fingerprint density at radius 3 is 2.32 bits per heavy atom. The summed E-state index contributed by atoms with van der Waals surface area (Å²) in [6, 6.07) is 3.73. The molecule has 1 rings (SSSR count). The second-order valence-corrected chi connectivity index (χ2v) is 7.33. The third kappa shape index (κ3) is 14.1. The SMILES string of the molecule is CCCCCCC(=O)CCCCC/C=C\CCCC(=O)OCc1cccnc1. The Labute approximate surface area is 170 Å². The lowest BCUT2D eigenvalue weighted by Crippen LogP contribution is -2.04. The predicted octanol–water partition coefficient (Wildman–Crippen LogP) is 6.34. The predicted molar refractivity (Wildman–Crippen MR) is 114 cm³/mol. The molecular formula is C24H37NO3. The van der Waals surface area contributed by atoms with E-state index in [4.69, 9.17) is 4.74 Å². The summed E-state index contributed by atoms with van der Waals surface area (Å²) in [6.07, 6.45) is 20.5. The summed E-state index contributed by atoms with van der Waals surface area (Å²) in [7, 11) is 0. The van der Waals surface area contributed by atoms with Gasteiger partial charge < -0.3 is 4.74 Å². The van der Waals surface area contributed by atoms with Crippen molar-refractivity contribution in [2.75, 3.05) is 0 Å². The van der Waals surface area contributed by atoms with Gasteiger partial charge in [-0.25, -0.2) is 0 Å². The van der Waals surface area contributed by atoms with Crippen LogP contribution >= 0.6 is 0 Å². The van der Waals surface area contributed by atoms with Gasteiger partial charge in [0.05, 0.1) is 0 Å². The number of nitrogens with zero attached hydrogens (tertiary/aromatic N) is 1. The Morgan fingerprint density at radius 1 is 0.929 bits per heavy atom. The topological polar surface area (TPSA) is 56.3 Å². The van der Waals surface area contributed by atoms with Crippen molar-refractivity contribution in [3.05, 3.63) is 42.2 Å². The summed E-state index contributed by atoms with van der Waals surface area (Å²) < 4.78 is 5.23. The van der Waals surface area contributed by atoms with Crippen LogP contribution < -0.4 is 0 Å². The van der Waals surface area contributed by atoms with Crippen LogP contribution in [-0.2, 0) is 20.9 Å². The first-order chi connectivity index (χ1) is 13.7. The maximum absolute atomic E-state index is 11.7. The van der Waals surface area contributed by atoms with Gasteiger partial charge in [-0.1, -0.05) is 50.8 Å². The molecule has 0 aliphatic heterocycles. The summed E-state index contributed by atoms with van der Waals surface area (Å²) >= 11 is 0. The van der Waals surface area contributed by atoms with E-state index < -0.39 is 0 Å². The average Bonchev–Trinajstić information content (AvgIpc) is 2.72. The maximum Gasteiger partial charge on any atom is 0.306 e. The van der Waals surface area contributed by atoms with Crippen molar-refractivity contribution >= 4 is 11.8 Å². The molecule has 1 aromatic rings. The van der Waals surface area contributed by atoms with E-state index in [9.17, 15) is 9.59 Å². The van der Waals surface area contributed by atoms with Crippen LogP contribution in [-0.4, -0.2) is 16.7 Å². The lowest BCUT2D eigenvalue weighted by molar-refractivity contribution is -0.145. The van der Waals surface area contributed by atoms with Crippen molar-refractivity contribution in [3.63, 3.8) is 0 Å². The van der Waals surface area contributed by atoms with Gasteiger partial charge in [0.1, 0.15) is 12.4 Å². The summed E-state index contributed by atoms with van der Waals surface area (Å²) in [5.41, 5.74) is 0.911. The van der Waals surface area contributed by atoms with E-state index in [1.807, 2.05) is 12.1 Å². The molecule has 156 valence electrons. The molecule has 0 aromatic carbocycles. The average molecular weight is 388 g/mol. The first kappa shape index (κ1) is 24.1. The van der Waals surface area contributed by atoms with Gasteiger partial charge in [0.25, 0.3) is 0 Å². The number of carbonyl (C=O) groups excluding carboxylic acids is 2. The summed E-state index contributed by atoms with van der Waals surface area (Å²) in [4.78, 5) is 27.4. The highest BCUT2D eigenvalue weighted by Gasteiger charge is 2.03. The molecule has 0 atom stereocenters. The number of ether oxygens (including phenoxy) is 1. The third-order valence-corrected chi connectivity index (χ3v) is 4.68. The van der Waals surface area contributed by atoms with Crippen molar-refractivity contribution in [3.8, 4) is 0 Å². The number of unbranched alkanes of at least 4 members (excludes halogenated alkanes) is 7. The summed E-state index contributed by atoms with van der Waals surface area (Å²) in [6.45, 7) is 2.49. The van der Waals surface area contributed by atoms with Gasteiger partial charge in [-0.15, -0.1) is 0 Å². The van der Waals surface area contributed by atoms with Crippen molar-refractivity contribution in [2.24, 2.45) is 0 Å². The highest BCUT2D eigenvalue weighted by Crippen LogP contribution is 2.10. The molecule has 0 spiro atoms. The van der Waals surface area contributed by atoms with Crippen LogP contribution in [0.2, 0.25) is 0 Å². The Morgan fingerprint density at radius 2 is 1.64 bits per heavy atom. The monoisotopic (exact) mass is 387 g/mol. The van der Waals surface area contributed by atoms with Crippen molar-refractivity contribution < 1.29 is 14.3 Å². The minimum atomic E-state index is -0.156.